The Morgan fingerprint density at radius 1 is 1.31 bits per heavy atom. The Bertz CT molecular complexity index is 179. The lowest BCUT2D eigenvalue weighted by Crippen LogP contribution is -2.14. The summed E-state index contributed by atoms with van der Waals surface area (Å²) in [4.78, 5) is 11.2. The number of hydrogen-bond donors (Lipinski definition) is 1. The average molecular weight is 250 g/mol. The van der Waals surface area contributed by atoms with Crippen LogP contribution < -0.4 is 5.73 Å². The maximum atomic E-state index is 11.2. The largest absolute Gasteiger partial charge is 0.463 e. The molecule has 96 valence electrons. The average Bonchev–Trinajstić information content (AvgIpc) is 2.24. The molecule has 0 fully saturated rings. The summed E-state index contributed by atoms with van der Waals surface area (Å²) in [7, 11) is 3.97. The molecule has 0 aromatic carbocycles. The Labute approximate surface area is 102 Å². The molecule has 0 unspecified atom stereocenters. The molecule has 0 aliphatic carbocycles. The fourth-order valence-electron chi connectivity index (χ4n) is 0.936. The third kappa shape index (κ3) is 11.8. The maximum absolute atomic E-state index is 11.2. The first-order valence-corrected chi connectivity index (χ1v) is 6.34. The molecule has 0 radical (unpaired) electrons. The molecule has 16 heavy (non-hydrogen) atoms. The van der Waals surface area contributed by atoms with Gasteiger partial charge in [-0.2, -0.15) is 0 Å². The first-order valence-electron chi connectivity index (χ1n) is 5.40. The van der Waals surface area contributed by atoms with Crippen molar-refractivity contribution < 1.29 is 14.3 Å². The van der Waals surface area contributed by atoms with Gasteiger partial charge in [0.25, 0.3) is 0 Å². The van der Waals surface area contributed by atoms with Gasteiger partial charge >= 0.3 is 5.97 Å². The van der Waals surface area contributed by atoms with E-state index in [-0.39, 0.29) is 5.97 Å². The van der Waals surface area contributed by atoms with Crippen molar-refractivity contribution in [2.45, 2.75) is 12.8 Å². The number of nitrogens with two attached hydrogens (primary N) is 1. The SMILES string of the molecule is CN(C)SCCCC(=O)OCCOCCN. The van der Waals surface area contributed by atoms with Crippen molar-refractivity contribution in [2.24, 2.45) is 5.73 Å². The molecule has 0 atom stereocenters. The molecule has 0 saturated carbocycles. The molecule has 0 aliphatic heterocycles. The van der Waals surface area contributed by atoms with Gasteiger partial charge in [-0.25, -0.2) is 0 Å². The van der Waals surface area contributed by atoms with Gasteiger partial charge in [0.05, 0.1) is 13.2 Å². The first-order chi connectivity index (χ1) is 7.66. The molecule has 0 rings (SSSR count). The number of carbonyl (C=O) groups excluding carboxylic acids is 1. The highest BCUT2D eigenvalue weighted by molar-refractivity contribution is 7.96. The van der Waals surface area contributed by atoms with Gasteiger partial charge < -0.3 is 15.2 Å². The van der Waals surface area contributed by atoms with Crippen LogP contribution in [-0.4, -0.2) is 56.5 Å². The van der Waals surface area contributed by atoms with Crippen molar-refractivity contribution in [1.29, 1.82) is 0 Å². The number of carbonyl (C=O) groups is 1. The summed E-state index contributed by atoms with van der Waals surface area (Å²) in [5, 5.41) is 0. The highest BCUT2D eigenvalue weighted by Crippen LogP contribution is 2.06. The van der Waals surface area contributed by atoms with Crippen LogP contribution in [0, 0.1) is 0 Å². The number of nitrogens with zero attached hydrogens (tertiary/aromatic N) is 1. The van der Waals surface area contributed by atoms with Gasteiger partial charge in [0, 0.05) is 18.7 Å². The smallest absolute Gasteiger partial charge is 0.305 e. The fourth-order valence-corrected chi connectivity index (χ4v) is 1.57. The molecule has 6 heteroatoms. The van der Waals surface area contributed by atoms with Crippen LogP contribution in [0.2, 0.25) is 0 Å². The molecule has 2 N–H and O–H groups in total. The summed E-state index contributed by atoms with van der Waals surface area (Å²) in [6, 6.07) is 0. The summed E-state index contributed by atoms with van der Waals surface area (Å²) in [6.07, 6.45) is 1.31. The van der Waals surface area contributed by atoms with Crippen molar-refractivity contribution >= 4 is 17.9 Å². The first kappa shape index (κ1) is 15.7. The second kappa shape index (κ2) is 11.2. The van der Waals surface area contributed by atoms with Gasteiger partial charge in [0.15, 0.2) is 0 Å². The monoisotopic (exact) mass is 250 g/mol. The second-order valence-corrected chi connectivity index (χ2v) is 4.77. The summed E-state index contributed by atoms with van der Waals surface area (Å²) < 4.78 is 12.1. The lowest BCUT2D eigenvalue weighted by atomic mass is 10.3. The Balaban J connectivity index is 3.18. The lowest BCUT2D eigenvalue weighted by Gasteiger charge is -2.08. The van der Waals surface area contributed by atoms with E-state index >= 15 is 0 Å². The van der Waals surface area contributed by atoms with Gasteiger partial charge in [-0.1, -0.05) is 11.9 Å². The van der Waals surface area contributed by atoms with Crippen LogP contribution in [0.3, 0.4) is 0 Å². The molecule has 0 saturated heterocycles. The van der Waals surface area contributed by atoms with E-state index in [1.807, 2.05) is 18.4 Å². The number of hydrogen-bond acceptors (Lipinski definition) is 6. The minimum Gasteiger partial charge on any atom is -0.463 e. The van der Waals surface area contributed by atoms with Crippen molar-refractivity contribution in [2.75, 3.05) is 46.2 Å². The van der Waals surface area contributed by atoms with Gasteiger partial charge in [-0.05, 0) is 20.5 Å². The zero-order valence-corrected chi connectivity index (χ0v) is 10.9. The zero-order chi connectivity index (χ0) is 12.2. The van der Waals surface area contributed by atoms with E-state index in [1.54, 1.807) is 11.9 Å². The van der Waals surface area contributed by atoms with E-state index in [1.165, 1.54) is 0 Å². The Kier molecular flexibility index (Phi) is 11.0. The third-order valence-electron chi connectivity index (χ3n) is 1.63. The molecule has 0 spiro atoms. The standard InChI is InChI=1S/C10H22N2O3S/c1-12(2)16-9-3-4-10(13)15-8-7-14-6-5-11/h3-9,11H2,1-2H3. The molecule has 0 amide bonds. The lowest BCUT2D eigenvalue weighted by molar-refractivity contribution is -0.145. The Hall–Kier alpha value is -0.300. The van der Waals surface area contributed by atoms with E-state index in [2.05, 4.69) is 0 Å². The van der Waals surface area contributed by atoms with E-state index in [9.17, 15) is 4.79 Å². The topological polar surface area (TPSA) is 64.8 Å². The highest BCUT2D eigenvalue weighted by Gasteiger charge is 2.02. The van der Waals surface area contributed by atoms with Crippen molar-refractivity contribution in [3.8, 4) is 0 Å². The number of rotatable bonds is 10. The summed E-state index contributed by atoms with van der Waals surface area (Å²) >= 11 is 1.70. The molecule has 0 bridgehead atoms. The van der Waals surface area contributed by atoms with Crippen LogP contribution in [-0.2, 0) is 14.3 Å². The molecule has 0 aliphatic rings. The van der Waals surface area contributed by atoms with Gasteiger partial charge in [-0.3, -0.25) is 9.10 Å². The minimum absolute atomic E-state index is 0.157. The van der Waals surface area contributed by atoms with Gasteiger partial charge in [0.1, 0.15) is 6.61 Å². The Morgan fingerprint density at radius 2 is 2.06 bits per heavy atom. The number of esters is 1. The third-order valence-corrected chi connectivity index (χ3v) is 2.62. The summed E-state index contributed by atoms with van der Waals surface area (Å²) in [5.41, 5.74) is 5.24. The minimum atomic E-state index is -0.157. The van der Waals surface area contributed by atoms with E-state index in [0.717, 1.165) is 12.2 Å². The normalized spacial score (nSPS) is 10.8. The van der Waals surface area contributed by atoms with E-state index in [4.69, 9.17) is 15.2 Å². The van der Waals surface area contributed by atoms with Crippen molar-refractivity contribution in [1.82, 2.24) is 4.31 Å². The molecule has 0 aromatic rings. The van der Waals surface area contributed by atoms with Crippen LogP contribution in [0.5, 0.6) is 0 Å². The quantitative estimate of drug-likeness (QED) is 0.346. The molecule has 0 aromatic heterocycles. The van der Waals surface area contributed by atoms with Crippen LogP contribution >= 0.6 is 11.9 Å². The van der Waals surface area contributed by atoms with Gasteiger partial charge in [0.2, 0.25) is 0 Å². The molecular weight excluding hydrogens is 228 g/mol. The van der Waals surface area contributed by atoms with Crippen LogP contribution in [0.25, 0.3) is 0 Å². The Morgan fingerprint density at radius 3 is 2.69 bits per heavy atom. The summed E-state index contributed by atoms with van der Waals surface area (Å²) in [6.45, 7) is 1.75. The van der Waals surface area contributed by atoms with Crippen molar-refractivity contribution in [3.05, 3.63) is 0 Å². The van der Waals surface area contributed by atoms with Gasteiger partial charge in [-0.15, -0.1) is 0 Å². The maximum Gasteiger partial charge on any atom is 0.305 e. The molecule has 0 heterocycles. The van der Waals surface area contributed by atoms with E-state index in [0.29, 0.717) is 32.8 Å². The van der Waals surface area contributed by atoms with Crippen LogP contribution in [0.4, 0.5) is 0 Å². The van der Waals surface area contributed by atoms with E-state index < -0.39 is 0 Å². The zero-order valence-electron chi connectivity index (χ0n) is 10.1. The number of ether oxygens (including phenoxy) is 2. The molecular formula is C10H22N2O3S. The second-order valence-electron chi connectivity index (χ2n) is 3.37. The molecule has 5 nitrogen and oxygen atoms in total. The van der Waals surface area contributed by atoms with Crippen LogP contribution in [0.1, 0.15) is 12.8 Å². The fraction of sp³-hybridized carbons (Fsp3) is 0.900. The predicted molar refractivity (Wildman–Crippen MR) is 66.2 cm³/mol. The van der Waals surface area contributed by atoms with Crippen molar-refractivity contribution in [3.63, 3.8) is 0 Å². The highest BCUT2D eigenvalue weighted by atomic mass is 32.2. The summed E-state index contributed by atoms with van der Waals surface area (Å²) in [5.74, 6) is 0.780. The van der Waals surface area contributed by atoms with Crippen LogP contribution in [0.15, 0.2) is 0 Å². The predicted octanol–water partition coefficient (Wildman–Crippen LogP) is 0.495.